The Balaban J connectivity index is 1.08. The SMILES string of the molecule is O=C(OCn1c(=O)ccc2ccc(OCCCCN3CCN(c4cccc(Cl)c4Cl)CC3)cc21)C1CCCN1. The molecule has 2 saturated heterocycles. The Morgan fingerprint density at radius 1 is 1.03 bits per heavy atom. The Morgan fingerprint density at radius 2 is 1.85 bits per heavy atom. The summed E-state index contributed by atoms with van der Waals surface area (Å²) in [6.07, 6.45) is 3.66. The van der Waals surface area contributed by atoms with E-state index in [0.29, 0.717) is 27.9 Å². The molecule has 3 heterocycles. The minimum Gasteiger partial charge on any atom is -0.494 e. The van der Waals surface area contributed by atoms with Crippen LogP contribution in [-0.4, -0.2) is 67.4 Å². The minimum absolute atomic E-state index is 0.118. The zero-order chi connectivity index (χ0) is 27.2. The van der Waals surface area contributed by atoms with Crippen LogP contribution in [0.5, 0.6) is 5.75 Å². The van der Waals surface area contributed by atoms with Gasteiger partial charge in [-0.05, 0) is 74.5 Å². The Morgan fingerprint density at radius 3 is 2.64 bits per heavy atom. The quantitative estimate of drug-likeness (QED) is 0.282. The van der Waals surface area contributed by atoms with E-state index in [1.165, 1.54) is 10.6 Å². The Labute approximate surface area is 238 Å². The fraction of sp³-hybridized carbons (Fsp3) is 0.448. The van der Waals surface area contributed by atoms with E-state index in [1.807, 2.05) is 36.4 Å². The molecule has 0 radical (unpaired) electrons. The molecule has 2 fully saturated rings. The molecule has 3 aromatic rings. The number of esters is 1. The number of rotatable bonds is 10. The Bertz CT molecular complexity index is 1350. The van der Waals surface area contributed by atoms with Gasteiger partial charge in [0.2, 0.25) is 0 Å². The van der Waals surface area contributed by atoms with Gasteiger partial charge in [0.1, 0.15) is 11.8 Å². The maximum Gasteiger partial charge on any atom is 0.324 e. The van der Waals surface area contributed by atoms with Gasteiger partial charge in [0, 0.05) is 38.3 Å². The molecule has 39 heavy (non-hydrogen) atoms. The monoisotopic (exact) mass is 572 g/mol. The van der Waals surface area contributed by atoms with Gasteiger partial charge in [-0.25, -0.2) is 0 Å². The number of halogens is 2. The first kappa shape index (κ1) is 27.8. The predicted octanol–water partition coefficient (Wildman–Crippen LogP) is 4.54. The first-order valence-electron chi connectivity index (χ1n) is 13.6. The van der Waals surface area contributed by atoms with Crippen LogP contribution in [0.1, 0.15) is 25.7 Å². The van der Waals surface area contributed by atoms with Gasteiger partial charge < -0.3 is 19.7 Å². The number of nitrogens with one attached hydrogen (secondary N) is 1. The van der Waals surface area contributed by atoms with Gasteiger partial charge in [0.25, 0.3) is 5.56 Å². The zero-order valence-corrected chi connectivity index (χ0v) is 23.4. The van der Waals surface area contributed by atoms with E-state index in [4.69, 9.17) is 32.7 Å². The van der Waals surface area contributed by atoms with Crippen LogP contribution >= 0.6 is 23.2 Å². The number of aromatic nitrogens is 1. The van der Waals surface area contributed by atoms with E-state index in [2.05, 4.69) is 15.1 Å². The summed E-state index contributed by atoms with van der Waals surface area (Å²) < 4.78 is 12.9. The highest BCUT2D eigenvalue weighted by molar-refractivity contribution is 6.43. The smallest absolute Gasteiger partial charge is 0.324 e. The normalized spacial score (nSPS) is 18.0. The van der Waals surface area contributed by atoms with Crippen molar-refractivity contribution in [1.29, 1.82) is 0 Å². The van der Waals surface area contributed by atoms with Crippen molar-refractivity contribution in [3.63, 3.8) is 0 Å². The lowest BCUT2D eigenvalue weighted by molar-refractivity contribution is -0.149. The summed E-state index contributed by atoms with van der Waals surface area (Å²) in [6.45, 7) is 6.09. The van der Waals surface area contributed by atoms with Crippen molar-refractivity contribution in [3.8, 4) is 5.75 Å². The molecule has 2 aliphatic rings. The van der Waals surface area contributed by atoms with Crippen LogP contribution in [0.4, 0.5) is 5.69 Å². The highest BCUT2D eigenvalue weighted by Crippen LogP contribution is 2.33. The molecule has 8 nitrogen and oxygen atoms in total. The number of hydrogen-bond acceptors (Lipinski definition) is 7. The second-order valence-corrected chi connectivity index (χ2v) is 10.8. The fourth-order valence-electron chi connectivity index (χ4n) is 5.18. The number of piperazine rings is 1. The molecule has 2 aliphatic heterocycles. The van der Waals surface area contributed by atoms with Crippen molar-refractivity contribution in [2.24, 2.45) is 0 Å². The number of anilines is 1. The topological polar surface area (TPSA) is 76.0 Å². The summed E-state index contributed by atoms with van der Waals surface area (Å²) in [5.41, 5.74) is 1.47. The van der Waals surface area contributed by atoms with Gasteiger partial charge in [-0.15, -0.1) is 0 Å². The summed E-state index contributed by atoms with van der Waals surface area (Å²) in [5, 5.41) is 5.22. The van der Waals surface area contributed by atoms with Crippen molar-refractivity contribution < 1.29 is 14.3 Å². The number of pyridine rings is 1. The molecule has 10 heteroatoms. The van der Waals surface area contributed by atoms with Crippen molar-refractivity contribution in [2.45, 2.75) is 38.5 Å². The van der Waals surface area contributed by atoms with Crippen LogP contribution in [0.3, 0.4) is 0 Å². The molecular formula is C29H34Cl2N4O4. The van der Waals surface area contributed by atoms with Crippen LogP contribution in [-0.2, 0) is 16.3 Å². The number of nitrogens with zero attached hydrogens (tertiary/aromatic N) is 3. The zero-order valence-electron chi connectivity index (χ0n) is 21.9. The van der Waals surface area contributed by atoms with Crippen LogP contribution in [0.2, 0.25) is 10.0 Å². The van der Waals surface area contributed by atoms with E-state index < -0.39 is 0 Å². The van der Waals surface area contributed by atoms with Gasteiger partial charge in [0.05, 0.1) is 27.9 Å². The third-order valence-electron chi connectivity index (χ3n) is 7.43. The number of carbonyl (C=O) groups excluding carboxylic acids is 1. The summed E-state index contributed by atoms with van der Waals surface area (Å²) in [7, 11) is 0. The molecule has 1 atom stereocenters. The fourth-order valence-corrected chi connectivity index (χ4v) is 5.60. The van der Waals surface area contributed by atoms with Crippen LogP contribution in [0, 0.1) is 0 Å². The van der Waals surface area contributed by atoms with Gasteiger partial charge >= 0.3 is 5.97 Å². The number of hydrogen-bond donors (Lipinski definition) is 1. The molecule has 1 unspecified atom stereocenters. The lowest BCUT2D eigenvalue weighted by Crippen LogP contribution is -2.46. The minimum atomic E-state index is -0.321. The van der Waals surface area contributed by atoms with Crippen LogP contribution < -0.4 is 20.5 Å². The first-order chi connectivity index (χ1) is 19.0. The number of unbranched alkanes of at least 4 members (excludes halogenated alkanes) is 1. The average molecular weight is 574 g/mol. The van der Waals surface area contributed by atoms with E-state index >= 15 is 0 Å². The molecule has 0 aliphatic carbocycles. The first-order valence-corrected chi connectivity index (χ1v) is 14.3. The second-order valence-electron chi connectivity index (χ2n) is 10.0. The predicted molar refractivity (Wildman–Crippen MR) is 155 cm³/mol. The molecule has 5 rings (SSSR count). The third kappa shape index (κ3) is 6.87. The molecule has 0 bridgehead atoms. The van der Waals surface area contributed by atoms with Crippen molar-refractivity contribution >= 4 is 45.8 Å². The van der Waals surface area contributed by atoms with Crippen molar-refractivity contribution in [1.82, 2.24) is 14.8 Å². The lowest BCUT2D eigenvalue weighted by atomic mass is 10.2. The summed E-state index contributed by atoms with van der Waals surface area (Å²) in [4.78, 5) is 29.6. The van der Waals surface area contributed by atoms with E-state index in [1.54, 1.807) is 6.07 Å². The number of ether oxygens (including phenoxy) is 2. The van der Waals surface area contributed by atoms with E-state index in [0.717, 1.165) is 76.0 Å². The van der Waals surface area contributed by atoms with Crippen molar-refractivity contribution in [3.05, 3.63) is 68.9 Å². The van der Waals surface area contributed by atoms with Crippen LogP contribution in [0.15, 0.2) is 53.3 Å². The van der Waals surface area contributed by atoms with Gasteiger partial charge in [0.15, 0.2) is 6.73 Å². The van der Waals surface area contributed by atoms with Gasteiger partial charge in [-0.1, -0.05) is 29.3 Å². The molecule has 208 valence electrons. The lowest BCUT2D eigenvalue weighted by Gasteiger charge is -2.36. The van der Waals surface area contributed by atoms with Crippen molar-refractivity contribution in [2.75, 3.05) is 50.8 Å². The highest BCUT2D eigenvalue weighted by Gasteiger charge is 2.24. The Kier molecular flexibility index (Phi) is 9.29. The molecule has 1 N–H and O–H groups in total. The second kappa shape index (κ2) is 13.0. The van der Waals surface area contributed by atoms with Gasteiger partial charge in [-0.3, -0.25) is 19.1 Å². The summed E-state index contributed by atoms with van der Waals surface area (Å²) in [6, 6.07) is 14.4. The molecule has 1 aromatic heterocycles. The highest BCUT2D eigenvalue weighted by atomic mass is 35.5. The standard InChI is InChI=1S/C29H34Cl2N4O4/c30-23-5-3-7-25(28(23)31)34-16-14-33(15-17-34)13-1-2-18-38-22-10-8-21-9-11-27(36)35(26(21)19-22)20-39-29(37)24-6-4-12-32-24/h3,5,7-11,19,24,32H,1-2,4,6,12-18,20H2. The molecule has 0 spiro atoms. The van der Waals surface area contributed by atoms with Gasteiger partial charge in [-0.2, -0.15) is 0 Å². The Hall–Kier alpha value is -2.78. The van der Waals surface area contributed by atoms with E-state index in [9.17, 15) is 9.59 Å². The molecule has 0 saturated carbocycles. The average Bonchev–Trinajstić information content (AvgIpc) is 3.49. The van der Waals surface area contributed by atoms with E-state index in [-0.39, 0.29) is 24.3 Å². The maximum atomic E-state index is 12.6. The number of benzene rings is 2. The number of fused-ring (bicyclic) bond motifs is 1. The molecular weight excluding hydrogens is 539 g/mol. The molecule has 2 aromatic carbocycles. The maximum absolute atomic E-state index is 12.6. The summed E-state index contributed by atoms with van der Waals surface area (Å²) in [5.74, 6) is 0.371. The molecule has 0 amide bonds. The summed E-state index contributed by atoms with van der Waals surface area (Å²) >= 11 is 12.6. The third-order valence-corrected chi connectivity index (χ3v) is 8.24. The van der Waals surface area contributed by atoms with Crippen LogP contribution in [0.25, 0.3) is 10.9 Å². The number of carbonyl (C=O) groups is 1. The largest absolute Gasteiger partial charge is 0.494 e.